The second-order valence-corrected chi connectivity index (χ2v) is 24.4. The number of primary amides is 1. The molecule has 0 bridgehead atoms. The Morgan fingerprint density at radius 2 is 1.40 bits per heavy atom. The molecule has 33 heteroatoms. The fraction of sp³-hybridized carbons (Fsp3) is 0.559. The smallest absolute Gasteiger partial charge is 0.716 e. The molecule has 92 heavy (non-hydrogen) atoms. The molecule has 3 aromatic carbocycles. The van der Waals surface area contributed by atoms with E-state index in [4.69, 9.17) is 10.5 Å². The molecule has 0 spiro atoms. The van der Waals surface area contributed by atoms with E-state index in [-0.39, 0.29) is 41.0 Å². The second-order valence-electron chi connectivity index (χ2n) is 23.5. The number of piperidine rings is 1. The van der Waals surface area contributed by atoms with Crippen LogP contribution in [0.5, 0.6) is 17.2 Å². The van der Waals surface area contributed by atoms with E-state index in [2.05, 4.69) is 44.1 Å². The normalized spacial score (nSPS) is 27.1. The number of carbonyl (C=O) groups is 8. The van der Waals surface area contributed by atoms with Gasteiger partial charge in [0.25, 0.3) is 16.3 Å². The van der Waals surface area contributed by atoms with Crippen molar-refractivity contribution < 1.29 is 136 Å². The molecule has 3 aromatic rings. The first kappa shape index (κ1) is 74.3. The van der Waals surface area contributed by atoms with E-state index >= 15 is 0 Å². The largest absolute Gasteiger partial charge is 1.00 e. The Bertz CT molecular complexity index is 3200. The van der Waals surface area contributed by atoms with Gasteiger partial charge < -0.3 is 106 Å². The number of rotatable bonds is 19. The Kier molecular flexibility index (Phi) is 26.5. The van der Waals surface area contributed by atoms with Crippen molar-refractivity contribution in [2.24, 2.45) is 11.7 Å². The van der Waals surface area contributed by atoms with Crippen LogP contribution in [-0.4, -0.2) is 228 Å². The van der Waals surface area contributed by atoms with Crippen LogP contribution in [-0.2, 0) is 44.0 Å². The van der Waals surface area contributed by atoms with E-state index in [0.29, 0.717) is 41.6 Å². The third-order valence-corrected chi connectivity index (χ3v) is 17.1. The van der Waals surface area contributed by atoms with Crippen molar-refractivity contribution in [3.63, 3.8) is 0 Å². The molecule has 16 N–H and O–H groups in total. The first-order valence-corrected chi connectivity index (χ1v) is 31.2. The van der Waals surface area contributed by atoms with Crippen molar-refractivity contribution in [1.82, 2.24) is 36.4 Å². The number of phenols is 1. The van der Waals surface area contributed by atoms with Gasteiger partial charge in [-0.15, -0.1) is 0 Å². The van der Waals surface area contributed by atoms with Crippen LogP contribution < -0.4 is 75.7 Å². The van der Waals surface area contributed by atoms with Gasteiger partial charge in [-0.25, -0.2) is 8.42 Å². The predicted molar refractivity (Wildman–Crippen MR) is 316 cm³/mol. The Hall–Kier alpha value is -6.79. The number of aliphatic hydroxyl groups is 8. The summed E-state index contributed by atoms with van der Waals surface area (Å²) < 4.78 is 44.5. The van der Waals surface area contributed by atoms with E-state index in [1.807, 2.05) is 22.8 Å². The predicted octanol–water partition coefficient (Wildman–Crippen LogP) is -6.79. The molecular formula is C59H80N9NaO22S. The second kappa shape index (κ2) is 32.9. The third kappa shape index (κ3) is 19.0. The number of nitrogens with one attached hydrogen (secondary N) is 5. The molecule has 4 aliphatic heterocycles. The van der Waals surface area contributed by atoms with Gasteiger partial charge in [0.1, 0.15) is 60.3 Å². The van der Waals surface area contributed by atoms with Gasteiger partial charge in [-0.2, -0.15) is 0 Å². The van der Waals surface area contributed by atoms with Gasteiger partial charge in [0.15, 0.2) is 17.7 Å². The average molecular weight is 1320 g/mol. The van der Waals surface area contributed by atoms with Gasteiger partial charge >= 0.3 is 29.6 Å². The van der Waals surface area contributed by atoms with Crippen LogP contribution in [0, 0.1) is 5.92 Å². The summed E-state index contributed by atoms with van der Waals surface area (Å²) in [7, 11) is -5.60. The van der Waals surface area contributed by atoms with Crippen LogP contribution in [0.3, 0.4) is 0 Å². The maximum Gasteiger partial charge on any atom is 1.00 e. The van der Waals surface area contributed by atoms with Crippen LogP contribution in [0.15, 0.2) is 66.7 Å². The molecule has 4 fully saturated rings. The summed E-state index contributed by atoms with van der Waals surface area (Å²) in [6.07, 6.45) is -14.1. The number of ether oxygens (including phenoxy) is 1. The van der Waals surface area contributed by atoms with E-state index < -0.39 is 198 Å². The van der Waals surface area contributed by atoms with Crippen molar-refractivity contribution in [3.05, 3.63) is 83.4 Å². The fourth-order valence-electron chi connectivity index (χ4n) is 11.6. The number of nitrogens with two attached hydrogens (primary N) is 1. The molecule has 1 unspecified atom stereocenters. The summed E-state index contributed by atoms with van der Waals surface area (Å²) in [5, 5.41) is 112. The van der Waals surface area contributed by atoms with Crippen LogP contribution in [0.2, 0.25) is 0 Å². The Balaban J connectivity index is 0.0000134. The summed E-state index contributed by atoms with van der Waals surface area (Å²) in [6.45, 7) is 5.29. The molecule has 4 heterocycles. The number of anilines is 1. The summed E-state index contributed by atoms with van der Waals surface area (Å²) in [6, 6.07) is 3.49. The SMILES string of the molecule is CCCCCCOc1ccc(C2CCN(c3ccc(C(=O)N[C@H]4C[C@@H](O)[C@@H](O)NC(=O)[C@@H]5[C@@H](O)[C@@H](C)CN5C(=O)[C@H]([C@H](O)CC(N)=O)NC(=O)[C@H]([C@H](O)[C@@H](O)c5ccc(O)c(OS(=O)(=O)[O-])c5)NC(=O)[C@@H]5C[C@@H](O)CN5C(=O)C([C@@H](C)O)NC4=O)cc3)CC2)cc1.[Na+]. The van der Waals surface area contributed by atoms with Crippen molar-refractivity contribution in [2.75, 3.05) is 37.7 Å². The van der Waals surface area contributed by atoms with Gasteiger partial charge in [-0.05, 0) is 91.8 Å². The minimum absolute atomic E-state index is 0. The quantitative estimate of drug-likeness (QED) is 0.0230. The van der Waals surface area contributed by atoms with Gasteiger partial charge in [-0.3, -0.25) is 38.4 Å². The van der Waals surface area contributed by atoms with Gasteiger partial charge in [0.2, 0.25) is 41.4 Å². The van der Waals surface area contributed by atoms with Gasteiger partial charge in [0.05, 0.1) is 37.4 Å². The Labute approximate surface area is 552 Å². The van der Waals surface area contributed by atoms with Crippen LogP contribution >= 0.6 is 0 Å². The molecule has 15 atom stereocenters. The number of phenolic OH excluding ortho intramolecular Hbond substituents is 1. The number of carbonyl (C=O) groups excluding carboxylic acids is 8. The summed E-state index contributed by atoms with van der Waals surface area (Å²) >= 11 is 0. The number of unbranched alkanes of at least 4 members (excludes halogenated alkanes) is 3. The van der Waals surface area contributed by atoms with E-state index in [1.54, 1.807) is 12.1 Å². The molecular weight excluding hydrogens is 1240 g/mol. The molecule has 4 saturated heterocycles. The Morgan fingerprint density at radius 1 is 0.772 bits per heavy atom. The van der Waals surface area contributed by atoms with Crippen molar-refractivity contribution >= 4 is 63.3 Å². The van der Waals surface area contributed by atoms with Gasteiger partial charge in [0, 0.05) is 56.2 Å². The monoisotopic (exact) mass is 1320 g/mol. The standard InChI is InChI=1S/C59H81N9O22S.Na/c1-4-5-6-7-22-89-37-15-10-31(11-16-37)32-18-20-66(21-19-32)35-13-8-33(9-14-35)52(78)61-38-25-42(73)55(81)65-57(83)48-49(75)29(2)27-68(48)59(85)46(41(72)26-44(60)74)63-56(82)47(51(77)50(76)34-12-17-40(71)43(23-34)90-91(86,87)88)64-54(80)39-24-36(70)28-67(39)58(84)45(30(3)69)62-53(38)79;/h8-17,23,29-30,32,36,38-39,41-42,45-51,55,69-73,75-77,81H,4-7,18-22,24-28H2,1-3H3,(H2,60,74)(H,61,78)(H,62,79)(H,63,82)(H,64,80)(H,65,83)(H,86,87,88);/q;+1/p-1/t29-,30+,36+,38-,39-,41+,42+,45?,46-,47-,48-,49-,50-,51-,55+;/m0./s1. The number of aliphatic hydroxyl groups excluding tert-OH is 8. The zero-order valence-corrected chi connectivity index (χ0v) is 54.0. The molecule has 0 aromatic heterocycles. The fourth-order valence-corrected chi connectivity index (χ4v) is 11.9. The van der Waals surface area contributed by atoms with Crippen LogP contribution in [0.25, 0.3) is 0 Å². The van der Waals surface area contributed by atoms with Crippen LogP contribution in [0.4, 0.5) is 5.69 Å². The molecule has 4 aliphatic rings. The molecule has 31 nitrogen and oxygen atoms in total. The molecule has 7 rings (SSSR count). The molecule has 0 radical (unpaired) electrons. The summed E-state index contributed by atoms with van der Waals surface area (Å²) in [4.78, 5) is 117. The maximum absolute atomic E-state index is 14.7. The number of hydrogen-bond donors (Lipinski definition) is 15. The average Bonchev–Trinajstić information content (AvgIpc) is 1.59. The van der Waals surface area contributed by atoms with Gasteiger partial charge in [-0.1, -0.05) is 51.3 Å². The van der Waals surface area contributed by atoms with Crippen molar-refractivity contribution in [3.8, 4) is 17.2 Å². The summed E-state index contributed by atoms with van der Waals surface area (Å²) in [5.74, 6) is -12.8. The molecule has 500 valence electrons. The van der Waals surface area contributed by atoms with E-state index in [0.717, 1.165) is 63.0 Å². The minimum atomic E-state index is -5.60. The number of hydrogen-bond acceptors (Lipinski definition) is 23. The van der Waals surface area contributed by atoms with Crippen molar-refractivity contribution in [2.45, 2.75) is 170 Å². The Morgan fingerprint density at radius 3 is 2.02 bits per heavy atom. The maximum atomic E-state index is 14.7. The topological polar surface area (TPSA) is 490 Å². The summed E-state index contributed by atoms with van der Waals surface area (Å²) in [5.41, 5.74) is 6.68. The first-order chi connectivity index (χ1) is 43.0. The first-order valence-electron chi connectivity index (χ1n) is 29.9. The molecule has 0 saturated carbocycles. The number of amides is 8. The number of nitrogens with zero attached hydrogens (tertiary/aromatic N) is 3. The van der Waals surface area contributed by atoms with E-state index in [9.17, 15) is 97.3 Å². The number of aromatic hydroxyl groups is 1. The molecule has 0 aliphatic carbocycles. The third-order valence-electron chi connectivity index (χ3n) is 16.7. The minimum Gasteiger partial charge on any atom is -0.716 e. The zero-order chi connectivity index (χ0) is 66.8. The zero-order valence-electron chi connectivity index (χ0n) is 51.1. The number of benzene rings is 3. The number of fused-ring (bicyclic) bond motifs is 2. The molecule has 8 amide bonds. The van der Waals surface area contributed by atoms with E-state index in [1.165, 1.54) is 24.6 Å². The van der Waals surface area contributed by atoms with Crippen LogP contribution in [0.1, 0.15) is 112 Å². The van der Waals surface area contributed by atoms with Crippen molar-refractivity contribution in [1.29, 1.82) is 0 Å².